The number of nitrogens with two attached hydrogens (primary N) is 1. The average Bonchev–Trinajstić information content (AvgIpc) is 2.70. The Morgan fingerprint density at radius 1 is 1.08 bits per heavy atom. The predicted molar refractivity (Wildman–Crippen MR) is 104 cm³/mol. The molecule has 0 spiro atoms. The normalized spacial score (nSPS) is 13.2. The van der Waals surface area contributed by atoms with Crippen LogP contribution in [0.4, 0.5) is 28.7 Å². The van der Waals surface area contributed by atoms with Crippen LogP contribution in [0.5, 0.6) is 5.75 Å². The zero-order chi connectivity index (χ0) is 17.9. The van der Waals surface area contributed by atoms with Gasteiger partial charge < -0.3 is 20.7 Å². The van der Waals surface area contributed by atoms with E-state index in [0.717, 1.165) is 42.3 Å². The molecule has 0 atom stereocenters. The maximum absolute atomic E-state index is 6.44. The SMILES string of the molecule is COc1ccccc1Nc1ncnc(N2CCCc3ccccc32)c1N. The van der Waals surface area contributed by atoms with E-state index in [0.29, 0.717) is 11.5 Å². The van der Waals surface area contributed by atoms with Crippen molar-refractivity contribution in [1.82, 2.24) is 9.97 Å². The van der Waals surface area contributed by atoms with Crippen molar-refractivity contribution in [2.75, 3.05) is 29.6 Å². The van der Waals surface area contributed by atoms with Crippen LogP contribution in [0, 0.1) is 0 Å². The zero-order valence-corrected chi connectivity index (χ0v) is 14.6. The third kappa shape index (κ3) is 2.90. The molecule has 3 aromatic rings. The lowest BCUT2D eigenvalue weighted by Gasteiger charge is -2.31. The first-order valence-electron chi connectivity index (χ1n) is 8.64. The van der Waals surface area contributed by atoms with Gasteiger partial charge in [-0.25, -0.2) is 9.97 Å². The number of anilines is 5. The number of ether oxygens (including phenoxy) is 1. The van der Waals surface area contributed by atoms with Crippen LogP contribution >= 0.6 is 0 Å². The molecule has 0 saturated carbocycles. The molecule has 0 bridgehead atoms. The van der Waals surface area contributed by atoms with E-state index in [1.54, 1.807) is 13.4 Å². The number of nitrogens with zero attached hydrogens (tertiary/aromatic N) is 3. The predicted octanol–water partition coefficient (Wildman–Crippen LogP) is 3.90. The summed E-state index contributed by atoms with van der Waals surface area (Å²) < 4.78 is 5.39. The van der Waals surface area contributed by atoms with Gasteiger partial charge in [-0.3, -0.25) is 0 Å². The largest absolute Gasteiger partial charge is 0.495 e. The molecular formula is C20H21N5O. The number of aromatic nitrogens is 2. The van der Waals surface area contributed by atoms with Crippen LogP contribution in [0.2, 0.25) is 0 Å². The molecular weight excluding hydrogens is 326 g/mol. The first kappa shape index (κ1) is 16.2. The van der Waals surface area contributed by atoms with Crippen molar-refractivity contribution >= 4 is 28.7 Å². The van der Waals surface area contributed by atoms with E-state index in [1.807, 2.05) is 30.3 Å². The van der Waals surface area contributed by atoms with E-state index >= 15 is 0 Å². The van der Waals surface area contributed by atoms with Crippen LogP contribution < -0.4 is 20.7 Å². The van der Waals surface area contributed by atoms with Crippen molar-refractivity contribution in [2.24, 2.45) is 0 Å². The Hall–Kier alpha value is -3.28. The summed E-state index contributed by atoms with van der Waals surface area (Å²) in [5.74, 6) is 2.03. The van der Waals surface area contributed by atoms with Gasteiger partial charge in [-0.05, 0) is 36.6 Å². The van der Waals surface area contributed by atoms with E-state index in [-0.39, 0.29) is 0 Å². The first-order chi connectivity index (χ1) is 12.8. The van der Waals surface area contributed by atoms with Crippen LogP contribution in [-0.2, 0) is 6.42 Å². The fourth-order valence-electron chi connectivity index (χ4n) is 3.33. The summed E-state index contributed by atoms with van der Waals surface area (Å²) in [5, 5.41) is 3.27. The second kappa shape index (κ2) is 6.92. The van der Waals surface area contributed by atoms with Gasteiger partial charge in [0.05, 0.1) is 12.8 Å². The highest BCUT2D eigenvalue weighted by Gasteiger charge is 2.22. The number of hydrogen-bond donors (Lipinski definition) is 2. The minimum Gasteiger partial charge on any atom is -0.495 e. The van der Waals surface area contributed by atoms with Crippen LogP contribution in [0.1, 0.15) is 12.0 Å². The van der Waals surface area contributed by atoms with Crippen LogP contribution in [0.15, 0.2) is 54.9 Å². The summed E-state index contributed by atoms with van der Waals surface area (Å²) in [5.41, 5.74) is 10.2. The molecule has 2 aromatic carbocycles. The number of para-hydroxylation sites is 3. The molecule has 0 unspecified atom stereocenters. The monoisotopic (exact) mass is 347 g/mol. The number of benzene rings is 2. The number of aryl methyl sites for hydroxylation is 1. The van der Waals surface area contributed by atoms with E-state index < -0.39 is 0 Å². The number of nitrogen functional groups attached to an aromatic ring is 1. The van der Waals surface area contributed by atoms with Crippen molar-refractivity contribution < 1.29 is 4.74 Å². The maximum Gasteiger partial charge on any atom is 0.161 e. The van der Waals surface area contributed by atoms with E-state index in [4.69, 9.17) is 10.5 Å². The molecule has 1 aromatic heterocycles. The minimum absolute atomic E-state index is 0.523. The van der Waals surface area contributed by atoms with E-state index in [9.17, 15) is 0 Å². The van der Waals surface area contributed by atoms with Crippen molar-refractivity contribution in [3.8, 4) is 5.75 Å². The molecule has 26 heavy (non-hydrogen) atoms. The van der Waals surface area contributed by atoms with E-state index in [2.05, 4.69) is 38.4 Å². The van der Waals surface area contributed by atoms with E-state index in [1.165, 1.54) is 5.56 Å². The summed E-state index contributed by atoms with van der Waals surface area (Å²) in [6.07, 6.45) is 3.68. The third-order valence-electron chi connectivity index (χ3n) is 4.59. The molecule has 6 heteroatoms. The van der Waals surface area contributed by atoms with Gasteiger partial charge in [0.2, 0.25) is 0 Å². The van der Waals surface area contributed by atoms with Gasteiger partial charge in [-0.15, -0.1) is 0 Å². The summed E-state index contributed by atoms with van der Waals surface area (Å²) in [6, 6.07) is 16.1. The molecule has 3 N–H and O–H groups in total. The van der Waals surface area contributed by atoms with Gasteiger partial charge in [0.1, 0.15) is 17.8 Å². The topological polar surface area (TPSA) is 76.3 Å². The minimum atomic E-state index is 0.523. The molecule has 0 saturated heterocycles. The quantitative estimate of drug-likeness (QED) is 0.745. The highest BCUT2D eigenvalue weighted by atomic mass is 16.5. The Bertz CT molecular complexity index is 928. The van der Waals surface area contributed by atoms with Crippen molar-refractivity contribution in [3.63, 3.8) is 0 Å². The summed E-state index contributed by atoms with van der Waals surface area (Å²) in [4.78, 5) is 11.0. The molecule has 0 radical (unpaired) electrons. The summed E-state index contributed by atoms with van der Waals surface area (Å²) in [6.45, 7) is 0.881. The van der Waals surface area contributed by atoms with Crippen molar-refractivity contribution in [3.05, 3.63) is 60.4 Å². The van der Waals surface area contributed by atoms with Crippen LogP contribution in [0.25, 0.3) is 0 Å². The third-order valence-corrected chi connectivity index (χ3v) is 4.59. The second-order valence-corrected chi connectivity index (χ2v) is 6.17. The Morgan fingerprint density at radius 3 is 2.77 bits per heavy atom. The Kier molecular flexibility index (Phi) is 4.31. The molecule has 0 fully saturated rings. The van der Waals surface area contributed by atoms with Crippen molar-refractivity contribution in [1.29, 1.82) is 0 Å². The fraction of sp³-hybridized carbons (Fsp3) is 0.200. The molecule has 0 amide bonds. The Labute approximate surface area is 152 Å². The lowest BCUT2D eigenvalue weighted by atomic mass is 10.0. The number of fused-ring (bicyclic) bond motifs is 1. The molecule has 4 rings (SSSR count). The number of hydrogen-bond acceptors (Lipinski definition) is 6. The number of rotatable bonds is 4. The highest BCUT2D eigenvalue weighted by Crippen LogP contribution is 2.38. The Balaban J connectivity index is 1.71. The zero-order valence-electron chi connectivity index (χ0n) is 14.6. The average molecular weight is 347 g/mol. The summed E-state index contributed by atoms with van der Waals surface area (Å²) >= 11 is 0. The smallest absolute Gasteiger partial charge is 0.161 e. The lowest BCUT2D eigenvalue weighted by molar-refractivity contribution is 0.417. The number of nitrogens with one attached hydrogen (secondary N) is 1. The number of methoxy groups -OCH3 is 1. The molecule has 2 heterocycles. The molecule has 132 valence electrons. The summed E-state index contributed by atoms with van der Waals surface area (Å²) in [7, 11) is 1.64. The molecule has 1 aliphatic rings. The molecule has 0 aliphatic carbocycles. The van der Waals surface area contributed by atoms with Gasteiger partial charge in [0.15, 0.2) is 11.6 Å². The fourth-order valence-corrected chi connectivity index (χ4v) is 3.33. The molecule has 6 nitrogen and oxygen atoms in total. The first-order valence-corrected chi connectivity index (χ1v) is 8.64. The second-order valence-electron chi connectivity index (χ2n) is 6.17. The van der Waals surface area contributed by atoms with Gasteiger partial charge in [0.25, 0.3) is 0 Å². The lowest BCUT2D eigenvalue weighted by Crippen LogP contribution is -2.26. The maximum atomic E-state index is 6.44. The highest BCUT2D eigenvalue weighted by molar-refractivity contribution is 5.83. The molecule has 1 aliphatic heterocycles. The Morgan fingerprint density at radius 2 is 1.88 bits per heavy atom. The van der Waals surface area contributed by atoms with Gasteiger partial charge in [0, 0.05) is 12.2 Å². The van der Waals surface area contributed by atoms with Gasteiger partial charge >= 0.3 is 0 Å². The van der Waals surface area contributed by atoms with Gasteiger partial charge in [-0.1, -0.05) is 30.3 Å². The standard InChI is InChI=1S/C20H21N5O/c1-26-17-11-5-3-9-15(17)24-19-18(21)20(23-13-22-19)25-12-6-8-14-7-2-4-10-16(14)25/h2-5,7,9-11,13H,6,8,12,21H2,1H3,(H,22,23,24). The van der Waals surface area contributed by atoms with Crippen molar-refractivity contribution in [2.45, 2.75) is 12.8 Å². The van der Waals surface area contributed by atoms with Crippen LogP contribution in [0.3, 0.4) is 0 Å². The van der Waals surface area contributed by atoms with Crippen LogP contribution in [-0.4, -0.2) is 23.6 Å². The van der Waals surface area contributed by atoms with Gasteiger partial charge in [-0.2, -0.15) is 0 Å².